The number of hydrogen-bond acceptors (Lipinski definition) is 4. The number of nitrogens with zero attached hydrogens (tertiary/aromatic N) is 3. The molecule has 0 spiro atoms. The van der Waals surface area contributed by atoms with Gasteiger partial charge in [0.15, 0.2) is 0 Å². The minimum Gasteiger partial charge on any atom is -0.495 e. The lowest BCUT2D eigenvalue weighted by molar-refractivity contribution is -0.119. The Morgan fingerprint density at radius 1 is 1.16 bits per heavy atom. The van der Waals surface area contributed by atoms with Gasteiger partial charge in [-0.3, -0.25) is 9.59 Å². The van der Waals surface area contributed by atoms with Crippen molar-refractivity contribution in [3.8, 4) is 11.4 Å². The summed E-state index contributed by atoms with van der Waals surface area (Å²) in [6.07, 6.45) is 3.93. The van der Waals surface area contributed by atoms with Crippen molar-refractivity contribution in [3.05, 3.63) is 64.4 Å². The zero-order valence-electron chi connectivity index (χ0n) is 17.4. The van der Waals surface area contributed by atoms with E-state index in [1.54, 1.807) is 41.1 Å². The number of halogens is 1. The van der Waals surface area contributed by atoms with E-state index in [-0.39, 0.29) is 11.8 Å². The number of ether oxygens (including phenoxy) is 1. The average Bonchev–Trinajstić information content (AvgIpc) is 3.16. The Morgan fingerprint density at radius 2 is 1.94 bits per heavy atom. The normalized spacial score (nSPS) is 13.9. The molecule has 1 N–H and O–H groups in total. The number of benzene rings is 2. The van der Waals surface area contributed by atoms with E-state index in [4.69, 9.17) is 4.74 Å². The number of nitrogens with one attached hydrogen (secondary N) is 1. The maximum atomic E-state index is 13.0. The molecular formula is C23H23BrN4O3. The highest BCUT2D eigenvalue weighted by Gasteiger charge is 2.23. The molecule has 1 saturated heterocycles. The number of rotatable bonds is 5. The summed E-state index contributed by atoms with van der Waals surface area (Å²) in [4.78, 5) is 27.1. The molecule has 0 aliphatic carbocycles. The predicted molar refractivity (Wildman–Crippen MR) is 123 cm³/mol. The number of carbonyl (C=O) groups is 2. The molecule has 0 unspecified atom stereocenters. The van der Waals surface area contributed by atoms with E-state index < -0.39 is 0 Å². The highest BCUT2D eigenvalue weighted by molar-refractivity contribution is 9.10. The third kappa shape index (κ3) is 4.34. The van der Waals surface area contributed by atoms with Crippen molar-refractivity contribution < 1.29 is 14.3 Å². The van der Waals surface area contributed by atoms with Gasteiger partial charge < -0.3 is 15.0 Å². The fraction of sp³-hybridized carbons (Fsp3) is 0.261. The monoisotopic (exact) mass is 482 g/mol. The lowest BCUT2D eigenvalue weighted by Gasteiger charge is -2.28. The van der Waals surface area contributed by atoms with Crippen LogP contribution in [0.1, 0.15) is 35.3 Å². The van der Waals surface area contributed by atoms with Crippen LogP contribution in [0.4, 0.5) is 11.4 Å². The number of carbonyl (C=O) groups excluding carboxylic acids is 2. The van der Waals surface area contributed by atoms with Crippen molar-refractivity contribution in [1.29, 1.82) is 0 Å². The highest BCUT2D eigenvalue weighted by atomic mass is 79.9. The van der Waals surface area contributed by atoms with E-state index in [9.17, 15) is 9.59 Å². The third-order valence-corrected chi connectivity index (χ3v) is 5.91. The Balaban J connectivity index is 1.58. The van der Waals surface area contributed by atoms with Crippen LogP contribution < -0.4 is 15.0 Å². The number of piperidine rings is 1. The Morgan fingerprint density at radius 3 is 2.65 bits per heavy atom. The molecule has 0 saturated carbocycles. The Labute approximate surface area is 189 Å². The number of aromatic nitrogens is 2. The lowest BCUT2D eigenvalue weighted by atomic mass is 10.1. The van der Waals surface area contributed by atoms with Gasteiger partial charge in [-0.25, -0.2) is 4.68 Å². The molecule has 2 heterocycles. The van der Waals surface area contributed by atoms with Crippen molar-refractivity contribution in [2.24, 2.45) is 0 Å². The first-order valence-corrected chi connectivity index (χ1v) is 10.9. The first kappa shape index (κ1) is 21.1. The number of hydrogen-bond donors (Lipinski definition) is 1. The van der Waals surface area contributed by atoms with Crippen LogP contribution in [-0.2, 0) is 4.79 Å². The number of anilines is 2. The molecule has 1 aliphatic heterocycles. The molecule has 2 amide bonds. The van der Waals surface area contributed by atoms with Crippen LogP contribution >= 0.6 is 15.9 Å². The summed E-state index contributed by atoms with van der Waals surface area (Å²) in [5.41, 5.74) is 3.35. The van der Waals surface area contributed by atoms with Crippen LogP contribution in [0.3, 0.4) is 0 Å². The molecule has 3 aromatic rings. The van der Waals surface area contributed by atoms with Gasteiger partial charge in [-0.1, -0.05) is 15.9 Å². The van der Waals surface area contributed by atoms with E-state index >= 15 is 0 Å². The van der Waals surface area contributed by atoms with E-state index in [2.05, 4.69) is 26.3 Å². The maximum absolute atomic E-state index is 13.0. The number of methoxy groups -OCH3 is 1. The minimum absolute atomic E-state index is 0.0691. The summed E-state index contributed by atoms with van der Waals surface area (Å²) in [6, 6.07) is 13.0. The predicted octanol–water partition coefficient (Wildman–Crippen LogP) is 4.72. The van der Waals surface area contributed by atoms with Gasteiger partial charge in [-0.05, 0) is 62.2 Å². The molecule has 1 aliphatic rings. The molecule has 1 aromatic heterocycles. The lowest BCUT2D eigenvalue weighted by Crippen LogP contribution is -2.35. The second-order valence-electron chi connectivity index (χ2n) is 7.38. The molecule has 0 bridgehead atoms. The first-order chi connectivity index (χ1) is 15.0. The first-order valence-electron chi connectivity index (χ1n) is 10.1. The zero-order chi connectivity index (χ0) is 22.0. The van der Waals surface area contributed by atoms with Crippen molar-refractivity contribution in [3.63, 3.8) is 0 Å². The Hall–Kier alpha value is -3.13. The molecule has 4 rings (SSSR count). The van der Waals surface area contributed by atoms with Crippen LogP contribution in [0.5, 0.6) is 5.75 Å². The zero-order valence-corrected chi connectivity index (χ0v) is 19.0. The summed E-state index contributed by atoms with van der Waals surface area (Å²) in [6.45, 7) is 2.50. The van der Waals surface area contributed by atoms with Crippen LogP contribution in [0.25, 0.3) is 5.69 Å². The molecule has 1 fully saturated rings. The second kappa shape index (κ2) is 8.93. The molecule has 31 heavy (non-hydrogen) atoms. The fourth-order valence-electron chi connectivity index (χ4n) is 3.71. The Bertz CT molecular complexity index is 1120. The van der Waals surface area contributed by atoms with Crippen LogP contribution in [0.15, 0.2) is 53.1 Å². The van der Waals surface area contributed by atoms with Crippen LogP contribution in [0.2, 0.25) is 0 Å². The standard InChI is InChI=1S/C23H23BrN4O3/c1-15-19(14-25-28(15)18-9-6-16(24)7-10-18)23(30)26-17-8-11-21(31-2)20(13-17)27-12-4-3-5-22(27)29/h6-11,13-14H,3-5,12H2,1-2H3,(H,26,30). The topological polar surface area (TPSA) is 76.5 Å². The van der Waals surface area contributed by atoms with Gasteiger partial charge in [-0.15, -0.1) is 0 Å². The van der Waals surface area contributed by atoms with Gasteiger partial charge in [0.25, 0.3) is 5.91 Å². The summed E-state index contributed by atoms with van der Waals surface area (Å²) >= 11 is 3.42. The quantitative estimate of drug-likeness (QED) is 0.570. The molecule has 0 atom stereocenters. The summed E-state index contributed by atoms with van der Waals surface area (Å²) in [5.74, 6) is 0.411. The number of amides is 2. The Kier molecular flexibility index (Phi) is 6.08. The van der Waals surface area contributed by atoms with Crippen molar-refractivity contribution in [2.45, 2.75) is 26.2 Å². The molecule has 0 radical (unpaired) electrons. The molecule has 160 valence electrons. The molecule has 7 nitrogen and oxygen atoms in total. The fourth-order valence-corrected chi connectivity index (χ4v) is 3.98. The van der Waals surface area contributed by atoms with Gasteiger partial charge in [0.05, 0.1) is 35.9 Å². The largest absolute Gasteiger partial charge is 0.495 e. The summed E-state index contributed by atoms with van der Waals surface area (Å²) in [7, 11) is 1.57. The second-order valence-corrected chi connectivity index (χ2v) is 8.29. The van der Waals surface area contributed by atoms with E-state index in [1.165, 1.54) is 0 Å². The minimum atomic E-state index is -0.262. The van der Waals surface area contributed by atoms with Gasteiger partial charge in [0.2, 0.25) is 5.91 Å². The SMILES string of the molecule is COc1ccc(NC(=O)c2cnn(-c3ccc(Br)cc3)c2C)cc1N1CCCCC1=O. The van der Waals surface area contributed by atoms with Crippen molar-refractivity contribution >= 4 is 39.1 Å². The summed E-state index contributed by atoms with van der Waals surface area (Å²) < 4.78 is 8.15. The van der Waals surface area contributed by atoms with Crippen molar-refractivity contribution in [2.75, 3.05) is 23.9 Å². The van der Waals surface area contributed by atoms with E-state index in [0.29, 0.717) is 35.7 Å². The summed E-state index contributed by atoms with van der Waals surface area (Å²) in [5, 5.41) is 7.30. The smallest absolute Gasteiger partial charge is 0.259 e. The highest BCUT2D eigenvalue weighted by Crippen LogP contribution is 2.34. The van der Waals surface area contributed by atoms with Gasteiger partial charge in [0.1, 0.15) is 5.75 Å². The molecule has 8 heteroatoms. The van der Waals surface area contributed by atoms with E-state index in [1.807, 2.05) is 31.2 Å². The molecule has 2 aromatic carbocycles. The van der Waals surface area contributed by atoms with E-state index in [0.717, 1.165) is 28.7 Å². The van der Waals surface area contributed by atoms with Crippen LogP contribution in [0, 0.1) is 6.92 Å². The van der Waals surface area contributed by atoms with Gasteiger partial charge in [-0.2, -0.15) is 5.10 Å². The average molecular weight is 483 g/mol. The third-order valence-electron chi connectivity index (χ3n) is 5.38. The van der Waals surface area contributed by atoms with Gasteiger partial charge in [0, 0.05) is 23.1 Å². The van der Waals surface area contributed by atoms with Crippen LogP contribution in [-0.4, -0.2) is 35.2 Å². The maximum Gasteiger partial charge on any atom is 0.259 e. The molecular weight excluding hydrogens is 460 g/mol. The van der Waals surface area contributed by atoms with Crippen molar-refractivity contribution in [1.82, 2.24) is 9.78 Å². The van der Waals surface area contributed by atoms with Gasteiger partial charge >= 0.3 is 0 Å².